The Hall–Kier alpha value is -2.56. The quantitative estimate of drug-likeness (QED) is 0.645. The molecular formula is C23H24F3NO. The van der Waals surface area contributed by atoms with Gasteiger partial charge in [0.25, 0.3) is 0 Å². The molecule has 2 aromatic rings. The molecule has 0 atom stereocenters. The van der Waals surface area contributed by atoms with Gasteiger partial charge >= 0.3 is 6.18 Å². The number of hydrogen-bond donors (Lipinski definition) is 0. The van der Waals surface area contributed by atoms with Gasteiger partial charge in [0.1, 0.15) is 0 Å². The summed E-state index contributed by atoms with van der Waals surface area (Å²) < 4.78 is 38.9. The number of allylic oxidation sites excluding steroid dienone is 1. The van der Waals surface area contributed by atoms with E-state index in [0.717, 1.165) is 35.6 Å². The van der Waals surface area contributed by atoms with Gasteiger partial charge in [0, 0.05) is 19.2 Å². The largest absolute Gasteiger partial charge is 0.416 e. The van der Waals surface area contributed by atoms with Gasteiger partial charge in [0.15, 0.2) is 0 Å². The van der Waals surface area contributed by atoms with Crippen LogP contribution in [0.3, 0.4) is 0 Å². The molecule has 0 aromatic heterocycles. The van der Waals surface area contributed by atoms with Crippen molar-refractivity contribution in [3.05, 3.63) is 81.9 Å². The van der Waals surface area contributed by atoms with Gasteiger partial charge in [0.05, 0.1) is 5.56 Å². The summed E-state index contributed by atoms with van der Waals surface area (Å²) in [6.07, 6.45) is -1.65. The van der Waals surface area contributed by atoms with Crippen molar-refractivity contribution in [1.82, 2.24) is 4.90 Å². The molecule has 0 spiro atoms. The third kappa shape index (κ3) is 4.83. The Morgan fingerprint density at radius 1 is 1.04 bits per heavy atom. The number of alkyl halides is 3. The van der Waals surface area contributed by atoms with Gasteiger partial charge in [-0.15, -0.1) is 0 Å². The van der Waals surface area contributed by atoms with E-state index in [4.69, 9.17) is 0 Å². The first-order chi connectivity index (χ1) is 13.2. The van der Waals surface area contributed by atoms with Crippen molar-refractivity contribution in [1.29, 1.82) is 0 Å². The second kappa shape index (κ2) is 8.21. The van der Waals surface area contributed by atoms with Crippen LogP contribution in [0.15, 0.2) is 59.7 Å². The molecule has 0 N–H and O–H groups in total. The number of amides is 1. The number of carbonyl (C=O) groups is 1. The maximum absolute atomic E-state index is 13.0. The number of aryl methyl sites for hydroxylation is 1. The Bertz CT molecular complexity index is 881. The number of rotatable bonds is 5. The smallest absolute Gasteiger partial charge is 0.338 e. The highest BCUT2D eigenvalue weighted by molar-refractivity contribution is 5.94. The Morgan fingerprint density at radius 3 is 2.43 bits per heavy atom. The van der Waals surface area contributed by atoms with E-state index in [1.165, 1.54) is 17.7 Å². The van der Waals surface area contributed by atoms with E-state index < -0.39 is 11.7 Å². The molecule has 0 fully saturated rings. The van der Waals surface area contributed by atoms with Crippen LogP contribution in [-0.2, 0) is 23.9 Å². The molecule has 0 saturated carbocycles. The molecule has 0 aliphatic heterocycles. The molecule has 3 rings (SSSR count). The highest BCUT2D eigenvalue weighted by Crippen LogP contribution is 2.33. The van der Waals surface area contributed by atoms with Crippen LogP contribution in [0.4, 0.5) is 13.2 Å². The summed E-state index contributed by atoms with van der Waals surface area (Å²) in [4.78, 5) is 14.6. The summed E-state index contributed by atoms with van der Waals surface area (Å²) in [5, 5.41) is 0. The summed E-state index contributed by atoms with van der Waals surface area (Å²) in [5.41, 5.74) is 3.89. The van der Waals surface area contributed by atoms with Gasteiger partial charge in [0.2, 0.25) is 5.91 Å². The lowest BCUT2D eigenvalue weighted by atomic mass is 9.99. The molecular weight excluding hydrogens is 363 g/mol. The summed E-state index contributed by atoms with van der Waals surface area (Å²) in [6, 6.07) is 13.4. The SMILES string of the molecule is Cc1ccc(CN(C)C(=O)C2=C(Cc3cccc(C(F)(F)F)c3)CCC2)cc1. The fraction of sp³-hybridized carbons (Fsp3) is 0.348. The minimum absolute atomic E-state index is 0.0277. The highest BCUT2D eigenvalue weighted by atomic mass is 19.4. The molecule has 28 heavy (non-hydrogen) atoms. The predicted molar refractivity (Wildman–Crippen MR) is 104 cm³/mol. The number of hydrogen-bond acceptors (Lipinski definition) is 1. The van der Waals surface area contributed by atoms with E-state index in [1.54, 1.807) is 18.0 Å². The standard InChI is InChI=1S/C23H24F3NO/c1-16-9-11-17(12-10-16)15-27(2)22(28)21-8-4-6-19(21)13-18-5-3-7-20(14-18)23(24,25)26/h3,5,7,9-12,14H,4,6,8,13,15H2,1-2H3. The van der Waals surface area contributed by atoms with Crippen LogP contribution in [0.25, 0.3) is 0 Å². The first kappa shape index (κ1) is 20.2. The van der Waals surface area contributed by atoms with Crippen molar-refractivity contribution in [2.45, 2.75) is 45.3 Å². The maximum Gasteiger partial charge on any atom is 0.416 e. The van der Waals surface area contributed by atoms with E-state index in [2.05, 4.69) is 0 Å². The van der Waals surface area contributed by atoms with E-state index in [-0.39, 0.29) is 5.91 Å². The monoisotopic (exact) mass is 387 g/mol. The molecule has 0 heterocycles. The lowest BCUT2D eigenvalue weighted by Crippen LogP contribution is -2.27. The fourth-order valence-corrected chi connectivity index (χ4v) is 3.63. The minimum Gasteiger partial charge on any atom is -0.338 e. The summed E-state index contributed by atoms with van der Waals surface area (Å²) in [6.45, 7) is 2.53. The molecule has 5 heteroatoms. The zero-order valence-corrected chi connectivity index (χ0v) is 16.1. The Labute approximate surface area is 163 Å². The lowest BCUT2D eigenvalue weighted by Gasteiger charge is -2.19. The van der Waals surface area contributed by atoms with Crippen molar-refractivity contribution in [3.8, 4) is 0 Å². The second-order valence-corrected chi connectivity index (χ2v) is 7.46. The highest BCUT2D eigenvalue weighted by Gasteiger charge is 2.30. The predicted octanol–water partition coefficient (Wildman–Crippen LogP) is 5.70. The second-order valence-electron chi connectivity index (χ2n) is 7.46. The molecule has 2 aromatic carbocycles. The third-order valence-electron chi connectivity index (χ3n) is 5.15. The summed E-state index contributed by atoms with van der Waals surface area (Å²) >= 11 is 0. The topological polar surface area (TPSA) is 20.3 Å². The van der Waals surface area contributed by atoms with E-state index >= 15 is 0 Å². The van der Waals surface area contributed by atoms with Crippen LogP contribution >= 0.6 is 0 Å². The first-order valence-electron chi connectivity index (χ1n) is 9.42. The average Bonchev–Trinajstić information content (AvgIpc) is 3.10. The molecule has 148 valence electrons. The fourth-order valence-electron chi connectivity index (χ4n) is 3.63. The normalized spacial score (nSPS) is 14.5. The van der Waals surface area contributed by atoms with Crippen molar-refractivity contribution in [2.75, 3.05) is 7.05 Å². The van der Waals surface area contributed by atoms with Gasteiger partial charge in [-0.3, -0.25) is 4.79 Å². The van der Waals surface area contributed by atoms with Crippen molar-refractivity contribution in [2.24, 2.45) is 0 Å². The van der Waals surface area contributed by atoms with Crippen LogP contribution in [0, 0.1) is 6.92 Å². The Balaban J connectivity index is 1.75. The lowest BCUT2D eigenvalue weighted by molar-refractivity contribution is -0.137. The average molecular weight is 387 g/mol. The number of halogens is 3. The van der Waals surface area contributed by atoms with Gasteiger partial charge < -0.3 is 4.90 Å². The minimum atomic E-state index is -4.35. The number of carbonyl (C=O) groups excluding carboxylic acids is 1. The van der Waals surface area contributed by atoms with Crippen molar-refractivity contribution >= 4 is 5.91 Å². The van der Waals surface area contributed by atoms with Crippen molar-refractivity contribution in [3.63, 3.8) is 0 Å². The first-order valence-corrected chi connectivity index (χ1v) is 9.42. The van der Waals surface area contributed by atoms with E-state index in [1.807, 2.05) is 31.2 Å². The Kier molecular flexibility index (Phi) is 5.92. The van der Waals surface area contributed by atoms with Gasteiger partial charge in [-0.25, -0.2) is 0 Å². The van der Waals surface area contributed by atoms with Crippen molar-refractivity contribution < 1.29 is 18.0 Å². The molecule has 0 unspecified atom stereocenters. The summed E-state index contributed by atoms with van der Waals surface area (Å²) in [7, 11) is 1.77. The van der Waals surface area contributed by atoms with Crippen LogP contribution in [0.5, 0.6) is 0 Å². The third-order valence-corrected chi connectivity index (χ3v) is 5.15. The number of benzene rings is 2. The summed E-state index contributed by atoms with van der Waals surface area (Å²) in [5.74, 6) is -0.0277. The molecule has 1 aliphatic rings. The van der Waals surface area contributed by atoms with Gasteiger partial charge in [-0.2, -0.15) is 13.2 Å². The van der Waals surface area contributed by atoms with Gasteiger partial charge in [-0.1, -0.05) is 53.6 Å². The number of likely N-dealkylation sites (N-methyl/N-ethyl adjacent to an activating group) is 1. The molecule has 0 saturated heterocycles. The molecule has 2 nitrogen and oxygen atoms in total. The van der Waals surface area contributed by atoms with Gasteiger partial charge in [-0.05, 0) is 49.8 Å². The molecule has 1 aliphatic carbocycles. The maximum atomic E-state index is 13.0. The zero-order valence-electron chi connectivity index (χ0n) is 16.1. The van der Waals surface area contributed by atoms with Crippen LogP contribution in [0.1, 0.15) is 41.5 Å². The molecule has 0 bridgehead atoms. The van der Waals surface area contributed by atoms with Crippen LogP contribution in [-0.4, -0.2) is 17.9 Å². The van der Waals surface area contributed by atoms with Crippen LogP contribution in [0.2, 0.25) is 0 Å². The van der Waals surface area contributed by atoms with Crippen LogP contribution < -0.4 is 0 Å². The Morgan fingerprint density at radius 2 is 1.75 bits per heavy atom. The van der Waals surface area contributed by atoms with E-state index in [9.17, 15) is 18.0 Å². The van der Waals surface area contributed by atoms with E-state index in [0.29, 0.717) is 24.9 Å². The number of nitrogens with zero attached hydrogens (tertiary/aromatic N) is 1. The molecule has 0 radical (unpaired) electrons. The zero-order chi connectivity index (χ0) is 20.3. The molecule has 1 amide bonds.